The van der Waals surface area contributed by atoms with E-state index in [0.29, 0.717) is 39.2 Å². The fraction of sp³-hybridized carbons (Fsp3) is 0.0645. The SMILES string of the molecule is Cc1ccc(C(=O)Nc2ccc(N3C(=O)c4ccc(-c5ccc6c(c5)C(=O)N(C)C6=O)cc4C3=O)cc2)cc1. The van der Waals surface area contributed by atoms with Crippen LogP contribution in [0.3, 0.4) is 0 Å². The zero-order valence-electron chi connectivity index (χ0n) is 21.0. The molecule has 2 aliphatic heterocycles. The second-order valence-electron chi connectivity index (χ2n) is 9.50. The van der Waals surface area contributed by atoms with Crippen molar-refractivity contribution in [1.29, 1.82) is 0 Å². The summed E-state index contributed by atoms with van der Waals surface area (Å²) in [5.74, 6) is -1.92. The molecule has 0 saturated heterocycles. The van der Waals surface area contributed by atoms with Crippen LogP contribution in [0.1, 0.15) is 57.4 Å². The average molecular weight is 516 g/mol. The van der Waals surface area contributed by atoms with Crippen LogP contribution < -0.4 is 10.2 Å². The molecule has 5 amide bonds. The molecule has 0 atom stereocenters. The van der Waals surface area contributed by atoms with Crippen molar-refractivity contribution in [2.45, 2.75) is 6.92 Å². The summed E-state index contributed by atoms with van der Waals surface area (Å²) >= 11 is 0. The Labute approximate surface area is 223 Å². The summed E-state index contributed by atoms with van der Waals surface area (Å²) in [6.45, 7) is 1.94. The maximum absolute atomic E-state index is 13.3. The molecule has 2 heterocycles. The predicted octanol–water partition coefficient (Wildman–Crippen LogP) is 4.94. The maximum atomic E-state index is 13.3. The third-order valence-electron chi connectivity index (χ3n) is 7.01. The van der Waals surface area contributed by atoms with Crippen LogP contribution in [-0.2, 0) is 0 Å². The van der Waals surface area contributed by atoms with E-state index in [1.807, 2.05) is 19.1 Å². The molecule has 0 aliphatic carbocycles. The Morgan fingerprint density at radius 2 is 1.13 bits per heavy atom. The van der Waals surface area contributed by atoms with Gasteiger partial charge in [-0.2, -0.15) is 0 Å². The van der Waals surface area contributed by atoms with Crippen LogP contribution in [0, 0.1) is 6.92 Å². The third-order valence-corrected chi connectivity index (χ3v) is 7.01. The normalized spacial score (nSPS) is 14.1. The van der Waals surface area contributed by atoms with E-state index in [2.05, 4.69) is 5.32 Å². The first-order valence-electron chi connectivity index (χ1n) is 12.2. The van der Waals surface area contributed by atoms with Gasteiger partial charge in [-0.15, -0.1) is 0 Å². The molecule has 2 aliphatic rings. The van der Waals surface area contributed by atoms with Gasteiger partial charge in [-0.1, -0.05) is 29.8 Å². The van der Waals surface area contributed by atoms with Crippen LogP contribution in [0.4, 0.5) is 11.4 Å². The molecule has 0 saturated carbocycles. The largest absolute Gasteiger partial charge is 0.322 e. The van der Waals surface area contributed by atoms with Gasteiger partial charge in [0.15, 0.2) is 0 Å². The zero-order valence-corrected chi connectivity index (χ0v) is 21.0. The molecule has 0 spiro atoms. The van der Waals surface area contributed by atoms with Crippen LogP contribution in [0.25, 0.3) is 11.1 Å². The van der Waals surface area contributed by atoms with E-state index in [9.17, 15) is 24.0 Å². The van der Waals surface area contributed by atoms with Crippen molar-refractivity contribution < 1.29 is 24.0 Å². The number of carbonyl (C=O) groups is 5. The molecule has 39 heavy (non-hydrogen) atoms. The van der Waals surface area contributed by atoms with Crippen LogP contribution >= 0.6 is 0 Å². The van der Waals surface area contributed by atoms with Gasteiger partial charge in [0.2, 0.25) is 0 Å². The van der Waals surface area contributed by atoms with Crippen molar-refractivity contribution in [1.82, 2.24) is 4.90 Å². The first kappa shape index (κ1) is 24.0. The molecule has 0 aromatic heterocycles. The van der Waals surface area contributed by atoms with E-state index < -0.39 is 11.8 Å². The van der Waals surface area contributed by atoms with Gasteiger partial charge in [0.25, 0.3) is 29.5 Å². The molecule has 4 aromatic carbocycles. The summed E-state index contributed by atoms with van der Waals surface area (Å²) in [7, 11) is 1.43. The molecule has 8 nitrogen and oxygen atoms in total. The van der Waals surface area contributed by atoms with E-state index in [-0.39, 0.29) is 28.8 Å². The Morgan fingerprint density at radius 1 is 0.615 bits per heavy atom. The minimum Gasteiger partial charge on any atom is -0.322 e. The highest BCUT2D eigenvalue weighted by Crippen LogP contribution is 2.34. The molecule has 0 radical (unpaired) electrons. The number of imide groups is 2. The summed E-state index contributed by atoms with van der Waals surface area (Å²) in [4.78, 5) is 65.8. The fourth-order valence-corrected chi connectivity index (χ4v) is 4.80. The summed E-state index contributed by atoms with van der Waals surface area (Å²) < 4.78 is 0. The second-order valence-corrected chi connectivity index (χ2v) is 9.50. The van der Waals surface area contributed by atoms with Crippen molar-refractivity contribution in [3.8, 4) is 11.1 Å². The molecular weight excluding hydrogens is 494 g/mol. The van der Waals surface area contributed by atoms with Gasteiger partial charge in [0, 0.05) is 18.3 Å². The Morgan fingerprint density at radius 3 is 1.74 bits per heavy atom. The fourth-order valence-electron chi connectivity index (χ4n) is 4.80. The van der Waals surface area contributed by atoms with E-state index in [1.165, 1.54) is 7.05 Å². The van der Waals surface area contributed by atoms with Gasteiger partial charge in [-0.25, -0.2) is 4.90 Å². The molecule has 0 bridgehead atoms. The van der Waals surface area contributed by atoms with E-state index in [0.717, 1.165) is 15.4 Å². The van der Waals surface area contributed by atoms with Gasteiger partial charge >= 0.3 is 0 Å². The number of amides is 5. The number of carbonyl (C=O) groups excluding carboxylic acids is 5. The molecular formula is C31H21N3O5. The minimum atomic E-state index is -0.472. The van der Waals surface area contributed by atoms with Gasteiger partial charge in [-0.3, -0.25) is 28.9 Å². The highest BCUT2D eigenvalue weighted by molar-refractivity contribution is 6.34. The Balaban J connectivity index is 1.24. The summed E-state index contributed by atoms with van der Waals surface area (Å²) in [6, 6.07) is 23.5. The summed E-state index contributed by atoms with van der Waals surface area (Å²) in [5.41, 5.74) is 4.93. The Hall–Kier alpha value is -5.37. The lowest BCUT2D eigenvalue weighted by Crippen LogP contribution is -2.29. The quantitative estimate of drug-likeness (QED) is 0.388. The van der Waals surface area contributed by atoms with E-state index in [1.54, 1.807) is 72.8 Å². The monoisotopic (exact) mass is 515 g/mol. The molecule has 1 N–H and O–H groups in total. The predicted molar refractivity (Wildman–Crippen MR) is 145 cm³/mol. The molecule has 190 valence electrons. The first-order valence-corrected chi connectivity index (χ1v) is 12.2. The number of fused-ring (bicyclic) bond motifs is 2. The number of nitrogens with zero attached hydrogens (tertiary/aromatic N) is 2. The number of nitrogens with one attached hydrogen (secondary N) is 1. The smallest absolute Gasteiger partial charge is 0.266 e. The highest BCUT2D eigenvalue weighted by atomic mass is 16.2. The van der Waals surface area contributed by atoms with Crippen molar-refractivity contribution in [3.63, 3.8) is 0 Å². The molecule has 0 unspecified atom stereocenters. The number of anilines is 2. The van der Waals surface area contributed by atoms with E-state index in [4.69, 9.17) is 0 Å². The minimum absolute atomic E-state index is 0.245. The van der Waals surface area contributed by atoms with Crippen LogP contribution in [0.2, 0.25) is 0 Å². The number of aryl methyl sites for hydroxylation is 1. The van der Waals surface area contributed by atoms with Gasteiger partial charge in [0.1, 0.15) is 0 Å². The van der Waals surface area contributed by atoms with Gasteiger partial charge in [-0.05, 0) is 78.7 Å². The molecule has 0 fully saturated rings. The zero-order chi connectivity index (χ0) is 27.4. The lowest BCUT2D eigenvalue weighted by Gasteiger charge is -2.14. The maximum Gasteiger partial charge on any atom is 0.266 e. The second kappa shape index (κ2) is 8.88. The van der Waals surface area contributed by atoms with Crippen molar-refractivity contribution in [3.05, 3.63) is 118 Å². The molecule has 8 heteroatoms. The Bertz CT molecular complexity index is 1740. The third kappa shape index (κ3) is 3.90. The van der Waals surface area contributed by atoms with Gasteiger partial charge < -0.3 is 5.32 Å². The number of hydrogen-bond donors (Lipinski definition) is 1. The van der Waals surface area contributed by atoms with Crippen molar-refractivity contribution in [2.24, 2.45) is 0 Å². The lowest BCUT2D eigenvalue weighted by atomic mass is 9.97. The number of hydrogen-bond acceptors (Lipinski definition) is 5. The lowest BCUT2D eigenvalue weighted by molar-refractivity contribution is 0.0691. The summed E-state index contributed by atoms with van der Waals surface area (Å²) in [6.07, 6.45) is 0. The van der Waals surface area contributed by atoms with Crippen LogP contribution in [-0.4, -0.2) is 41.5 Å². The van der Waals surface area contributed by atoms with Gasteiger partial charge in [0.05, 0.1) is 27.9 Å². The summed E-state index contributed by atoms with van der Waals surface area (Å²) in [5, 5.41) is 2.81. The standard InChI is InChI=1S/C31H21N3O5/c1-17-3-5-18(6-4-17)27(35)32-21-9-11-22(12-10-21)34-30(38)24-14-8-20(16-26(24)31(34)39)19-7-13-23-25(15-19)29(37)33(2)28(23)36/h3-16H,1-2H3,(H,32,35). The van der Waals surface area contributed by atoms with Crippen molar-refractivity contribution in [2.75, 3.05) is 17.3 Å². The first-order chi connectivity index (χ1) is 18.7. The molecule has 4 aromatic rings. The number of rotatable bonds is 4. The highest BCUT2D eigenvalue weighted by Gasteiger charge is 2.37. The van der Waals surface area contributed by atoms with Crippen LogP contribution in [0.15, 0.2) is 84.9 Å². The number of benzene rings is 4. The average Bonchev–Trinajstić information content (AvgIpc) is 3.33. The van der Waals surface area contributed by atoms with Crippen LogP contribution in [0.5, 0.6) is 0 Å². The molecule has 6 rings (SSSR count). The van der Waals surface area contributed by atoms with Crippen molar-refractivity contribution >= 4 is 40.9 Å². The van der Waals surface area contributed by atoms with E-state index >= 15 is 0 Å². The Kier molecular flexibility index (Phi) is 5.46. The topological polar surface area (TPSA) is 104 Å².